The van der Waals surface area contributed by atoms with E-state index in [2.05, 4.69) is 20.4 Å². The number of carbonyl (C=O) groups is 1. The summed E-state index contributed by atoms with van der Waals surface area (Å²) in [6.07, 6.45) is 9.92. The van der Waals surface area contributed by atoms with Crippen LogP contribution in [-0.2, 0) is 17.6 Å². The molecule has 1 fully saturated rings. The Labute approximate surface area is 120 Å². The summed E-state index contributed by atoms with van der Waals surface area (Å²) in [5.41, 5.74) is 2.50. The van der Waals surface area contributed by atoms with Crippen molar-refractivity contribution >= 4 is 5.91 Å². The lowest BCUT2D eigenvalue weighted by atomic mass is 9.94. The van der Waals surface area contributed by atoms with Gasteiger partial charge in [0.1, 0.15) is 0 Å². The number of hydrogen-bond donors (Lipinski definition) is 2. The van der Waals surface area contributed by atoms with E-state index in [4.69, 9.17) is 0 Å². The van der Waals surface area contributed by atoms with Gasteiger partial charge in [0.25, 0.3) is 0 Å². The van der Waals surface area contributed by atoms with E-state index in [1.54, 1.807) is 0 Å². The Kier molecular flexibility index (Phi) is 4.35. The van der Waals surface area contributed by atoms with Crippen molar-refractivity contribution < 1.29 is 4.79 Å². The van der Waals surface area contributed by atoms with Gasteiger partial charge in [0, 0.05) is 18.2 Å². The van der Waals surface area contributed by atoms with Crippen molar-refractivity contribution in [1.29, 1.82) is 0 Å². The molecule has 0 spiro atoms. The van der Waals surface area contributed by atoms with Crippen molar-refractivity contribution in [3.05, 3.63) is 17.5 Å². The highest BCUT2D eigenvalue weighted by Gasteiger charge is 2.22. The third-order valence-corrected chi connectivity index (χ3v) is 4.45. The molecule has 2 heterocycles. The topological polar surface area (TPSA) is 61.0 Å². The van der Waals surface area contributed by atoms with Crippen molar-refractivity contribution in [2.24, 2.45) is 0 Å². The summed E-state index contributed by atoms with van der Waals surface area (Å²) in [6, 6.07) is 0.266. The number of aryl methyl sites for hydroxylation is 1. The van der Waals surface area contributed by atoms with E-state index in [0.29, 0.717) is 6.54 Å². The number of nitrogens with one attached hydrogen (secondary N) is 2. The largest absolute Gasteiger partial charge is 0.352 e. The van der Waals surface area contributed by atoms with Crippen molar-refractivity contribution in [3.63, 3.8) is 0 Å². The molecule has 1 aromatic rings. The number of H-pyrrole nitrogens is 1. The van der Waals surface area contributed by atoms with Gasteiger partial charge in [-0.25, -0.2) is 0 Å². The molecule has 2 N–H and O–H groups in total. The average Bonchev–Trinajstić information content (AvgIpc) is 2.75. The van der Waals surface area contributed by atoms with Gasteiger partial charge < -0.3 is 5.32 Å². The quantitative estimate of drug-likeness (QED) is 0.873. The molecule has 0 unspecified atom stereocenters. The van der Waals surface area contributed by atoms with Crippen LogP contribution in [0.2, 0.25) is 0 Å². The minimum Gasteiger partial charge on any atom is -0.352 e. The molecule has 1 amide bonds. The van der Waals surface area contributed by atoms with E-state index in [1.807, 2.05) is 6.20 Å². The monoisotopic (exact) mass is 276 g/mol. The molecule has 0 radical (unpaired) electrons. The zero-order valence-corrected chi connectivity index (χ0v) is 12.0. The first-order chi connectivity index (χ1) is 9.81. The molecular formula is C15H24N4O. The summed E-state index contributed by atoms with van der Waals surface area (Å²) in [5, 5.41) is 10.3. The molecule has 20 heavy (non-hydrogen) atoms. The SMILES string of the molecule is O=C(CN1CCCCCC1)N[C@@H]1CCc2cn[nH]c2C1. The zero-order valence-electron chi connectivity index (χ0n) is 12.0. The molecule has 2 aliphatic rings. The molecule has 1 atom stereocenters. The Bertz CT molecular complexity index is 448. The first-order valence-electron chi connectivity index (χ1n) is 7.84. The summed E-state index contributed by atoms with van der Waals surface area (Å²) in [4.78, 5) is 14.5. The fourth-order valence-electron chi connectivity index (χ4n) is 3.30. The van der Waals surface area contributed by atoms with Crippen molar-refractivity contribution in [2.75, 3.05) is 19.6 Å². The second-order valence-electron chi connectivity index (χ2n) is 6.07. The molecule has 1 aliphatic carbocycles. The van der Waals surface area contributed by atoms with Gasteiger partial charge in [-0.1, -0.05) is 12.8 Å². The predicted molar refractivity (Wildman–Crippen MR) is 77.5 cm³/mol. The number of likely N-dealkylation sites (tertiary alicyclic amines) is 1. The van der Waals surface area contributed by atoms with Crippen LogP contribution < -0.4 is 5.32 Å². The van der Waals surface area contributed by atoms with E-state index >= 15 is 0 Å². The van der Waals surface area contributed by atoms with Crippen LogP contribution in [0.1, 0.15) is 43.4 Å². The van der Waals surface area contributed by atoms with E-state index < -0.39 is 0 Å². The number of amides is 1. The lowest BCUT2D eigenvalue weighted by molar-refractivity contribution is -0.123. The van der Waals surface area contributed by atoms with Crippen LogP contribution in [0.5, 0.6) is 0 Å². The van der Waals surface area contributed by atoms with Crippen LogP contribution in [0, 0.1) is 0 Å². The summed E-state index contributed by atoms with van der Waals surface area (Å²) in [7, 11) is 0. The van der Waals surface area contributed by atoms with E-state index in [1.165, 1.54) is 36.9 Å². The fourth-order valence-corrected chi connectivity index (χ4v) is 3.30. The average molecular weight is 276 g/mol. The van der Waals surface area contributed by atoms with Crippen LogP contribution in [0.25, 0.3) is 0 Å². The molecule has 0 saturated carbocycles. The van der Waals surface area contributed by atoms with Crippen molar-refractivity contribution in [2.45, 2.75) is 51.0 Å². The standard InChI is InChI=1S/C15H24N4O/c20-15(11-19-7-3-1-2-4-8-19)17-13-6-5-12-10-16-18-14(12)9-13/h10,13H,1-9,11H2,(H,16,18)(H,17,20)/t13-/m1/s1. The molecule has 0 bridgehead atoms. The third-order valence-electron chi connectivity index (χ3n) is 4.45. The van der Waals surface area contributed by atoms with Gasteiger partial charge in [-0.15, -0.1) is 0 Å². The lowest BCUT2D eigenvalue weighted by Crippen LogP contribution is -2.44. The smallest absolute Gasteiger partial charge is 0.234 e. The Morgan fingerprint density at radius 3 is 2.95 bits per heavy atom. The normalized spacial score (nSPS) is 23.9. The third kappa shape index (κ3) is 3.39. The Hall–Kier alpha value is -1.36. The minimum absolute atomic E-state index is 0.180. The summed E-state index contributed by atoms with van der Waals surface area (Å²) in [6.45, 7) is 2.71. The first-order valence-corrected chi connectivity index (χ1v) is 7.84. The van der Waals surface area contributed by atoms with E-state index in [0.717, 1.165) is 32.4 Å². The maximum Gasteiger partial charge on any atom is 0.234 e. The lowest BCUT2D eigenvalue weighted by Gasteiger charge is -2.25. The second kappa shape index (κ2) is 6.39. The van der Waals surface area contributed by atoms with Gasteiger partial charge in [-0.05, 0) is 44.3 Å². The maximum absolute atomic E-state index is 12.2. The number of carbonyl (C=O) groups excluding carboxylic acids is 1. The summed E-state index contributed by atoms with van der Waals surface area (Å²) >= 11 is 0. The van der Waals surface area contributed by atoms with Gasteiger partial charge >= 0.3 is 0 Å². The molecule has 0 aromatic carbocycles. The number of fused-ring (bicyclic) bond motifs is 1. The second-order valence-corrected chi connectivity index (χ2v) is 6.07. The summed E-state index contributed by atoms with van der Waals surface area (Å²) < 4.78 is 0. The Morgan fingerprint density at radius 2 is 2.15 bits per heavy atom. The number of aromatic amines is 1. The Balaban J connectivity index is 1.47. The summed E-state index contributed by atoms with van der Waals surface area (Å²) in [5.74, 6) is 0.180. The minimum atomic E-state index is 0.180. The predicted octanol–water partition coefficient (Wildman–Crippen LogP) is 1.26. The van der Waals surface area contributed by atoms with Gasteiger partial charge in [0.05, 0.1) is 12.7 Å². The first kappa shape index (κ1) is 13.6. The maximum atomic E-state index is 12.2. The van der Waals surface area contributed by atoms with E-state index in [9.17, 15) is 4.79 Å². The molecule has 3 rings (SSSR count). The fraction of sp³-hybridized carbons (Fsp3) is 0.733. The molecule has 1 saturated heterocycles. The van der Waals surface area contributed by atoms with Gasteiger partial charge in [0.2, 0.25) is 5.91 Å². The van der Waals surface area contributed by atoms with Gasteiger partial charge in [0.15, 0.2) is 0 Å². The Morgan fingerprint density at radius 1 is 1.35 bits per heavy atom. The molecular weight excluding hydrogens is 252 g/mol. The van der Waals surface area contributed by atoms with Crippen molar-refractivity contribution in [1.82, 2.24) is 20.4 Å². The highest BCUT2D eigenvalue weighted by atomic mass is 16.2. The molecule has 5 heteroatoms. The molecule has 1 aliphatic heterocycles. The molecule has 110 valence electrons. The van der Waals surface area contributed by atoms with Crippen molar-refractivity contribution in [3.8, 4) is 0 Å². The van der Waals surface area contributed by atoms with Gasteiger partial charge in [-0.3, -0.25) is 14.8 Å². The van der Waals surface area contributed by atoms with Crippen LogP contribution in [0.3, 0.4) is 0 Å². The highest BCUT2D eigenvalue weighted by Crippen LogP contribution is 2.18. The molecule has 5 nitrogen and oxygen atoms in total. The number of nitrogens with zero attached hydrogens (tertiary/aromatic N) is 2. The van der Waals surface area contributed by atoms with Crippen LogP contribution >= 0.6 is 0 Å². The number of rotatable bonds is 3. The van der Waals surface area contributed by atoms with Crippen LogP contribution in [-0.4, -0.2) is 46.7 Å². The zero-order chi connectivity index (χ0) is 13.8. The van der Waals surface area contributed by atoms with Crippen LogP contribution in [0.4, 0.5) is 0 Å². The van der Waals surface area contributed by atoms with Crippen LogP contribution in [0.15, 0.2) is 6.20 Å². The number of aromatic nitrogens is 2. The van der Waals surface area contributed by atoms with E-state index in [-0.39, 0.29) is 11.9 Å². The number of hydrogen-bond acceptors (Lipinski definition) is 3. The highest BCUT2D eigenvalue weighted by molar-refractivity contribution is 5.78. The van der Waals surface area contributed by atoms with Gasteiger partial charge in [-0.2, -0.15) is 5.10 Å². The molecule has 1 aromatic heterocycles.